The molecule has 0 aliphatic carbocycles. The van der Waals surface area contributed by atoms with Crippen molar-refractivity contribution in [2.45, 2.75) is 52.0 Å². The van der Waals surface area contributed by atoms with Crippen molar-refractivity contribution in [1.82, 2.24) is 5.32 Å². The van der Waals surface area contributed by atoms with Crippen LogP contribution in [0.3, 0.4) is 0 Å². The first-order valence-electron chi connectivity index (χ1n) is 7.86. The molecule has 1 aliphatic heterocycles. The van der Waals surface area contributed by atoms with Crippen molar-refractivity contribution in [2.24, 2.45) is 0 Å². The van der Waals surface area contributed by atoms with Gasteiger partial charge in [0.05, 0.1) is 0 Å². The van der Waals surface area contributed by atoms with Gasteiger partial charge in [0, 0.05) is 31.6 Å². The molecular weight excluding hydrogens is 264 g/mol. The number of rotatable bonds is 7. The SMILES string of the molecule is CCCCCC(=O)NCc1cccc(N2CCCC2=O)c1. The van der Waals surface area contributed by atoms with E-state index in [2.05, 4.69) is 12.2 Å². The molecule has 0 bridgehead atoms. The van der Waals surface area contributed by atoms with Crippen LogP contribution in [0, 0.1) is 0 Å². The first kappa shape index (κ1) is 15.5. The molecule has 1 N–H and O–H groups in total. The molecule has 0 aromatic heterocycles. The van der Waals surface area contributed by atoms with Gasteiger partial charge in [0.2, 0.25) is 11.8 Å². The maximum Gasteiger partial charge on any atom is 0.227 e. The number of hydrogen-bond acceptors (Lipinski definition) is 2. The molecule has 1 aromatic rings. The molecule has 1 aliphatic rings. The summed E-state index contributed by atoms with van der Waals surface area (Å²) in [4.78, 5) is 25.3. The van der Waals surface area contributed by atoms with Crippen LogP contribution in [0.2, 0.25) is 0 Å². The number of anilines is 1. The second kappa shape index (κ2) is 7.81. The van der Waals surface area contributed by atoms with Gasteiger partial charge in [-0.1, -0.05) is 31.9 Å². The number of carbonyl (C=O) groups is 2. The van der Waals surface area contributed by atoms with Crippen LogP contribution in [0.4, 0.5) is 5.69 Å². The second-order valence-electron chi connectivity index (χ2n) is 5.55. The minimum absolute atomic E-state index is 0.103. The minimum atomic E-state index is 0.103. The lowest BCUT2D eigenvalue weighted by molar-refractivity contribution is -0.121. The first-order valence-corrected chi connectivity index (χ1v) is 7.86. The van der Waals surface area contributed by atoms with E-state index in [4.69, 9.17) is 0 Å². The third-order valence-electron chi connectivity index (χ3n) is 3.79. The first-order chi connectivity index (χ1) is 10.2. The Balaban J connectivity index is 1.86. The number of unbranched alkanes of at least 4 members (excludes halogenated alkanes) is 2. The predicted molar refractivity (Wildman–Crippen MR) is 84.0 cm³/mol. The van der Waals surface area contributed by atoms with E-state index >= 15 is 0 Å². The summed E-state index contributed by atoms with van der Waals surface area (Å²) < 4.78 is 0. The Kier molecular flexibility index (Phi) is 5.78. The predicted octanol–water partition coefficient (Wildman–Crippen LogP) is 3.01. The van der Waals surface area contributed by atoms with Crippen molar-refractivity contribution in [1.29, 1.82) is 0 Å². The molecule has 0 spiro atoms. The van der Waals surface area contributed by atoms with E-state index in [9.17, 15) is 9.59 Å². The molecule has 21 heavy (non-hydrogen) atoms. The van der Waals surface area contributed by atoms with E-state index in [1.54, 1.807) is 0 Å². The Hall–Kier alpha value is -1.84. The van der Waals surface area contributed by atoms with Crippen LogP contribution in [0.15, 0.2) is 24.3 Å². The number of nitrogens with zero attached hydrogens (tertiary/aromatic N) is 1. The summed E-state index contributed by atoms with van der Waals surface area (Å²) in [6, 6.07) is 7.88. The van der Waals surface area contributed by atoms with Gasteiger partial charge in [-0.3, -0.25) is 9.59 Å². The number of nitrogens with one attached hydrogen (secondary N) is 1. The van der Waals surface area contributed by atoms with Crippen molar-refractivity contribution < 1.29 is 9.59 Å². The van der Waals surface area contributed by atoms with E-state index in [1.807, 2.05) is 29.2 Å². The molecule has 4 nitrogen and oxygen atoms in total. The standard InChI is InChI=1S/C17H24N2O2/c1-2-3-4-9-16(20)18-13-14-7-5-8-15(12-14)19-11-6-10-17(19)21/h5,7-8,12H,2-4,6,9-11,13H2,1H3,(H,18,20). The van der Waals surface area contributed by atoms with E-state index in [1.165, 1.54) is 0 Å². The maximum atomic E-state index is 11.8. The molecule has 1 saturated heterocycles. The van der Waals surface area contributed by atoms with E-state index in [0.29, 0.717) is 19.4 Å². The molecule has 1 aromatic carbocycles. The fourth-order valence-corrected chi connectivity index (χ4v) is 2.58. The number of amides is 2. The Labute approximate surface area is 126 Å². The topological polar surface area (TPSA) is 49.4 Å². The molecule has 1 fully saturated rings. The zero-order chi connectivity index (χ0) is 15.1. The van der Waals surface area contributed by atoms with Crippen molar-refractivity contribution in [3.05, 3.63) is 29.8 Å². The van der Waals surface area contributed by atoms with Crippen LogP contribution in [0.25, 0.3) is 0 Å². The monoisotopic (exact) mass is 288 g/mol. The Morgan fingerprint density at radius 2 is 2.19 bits per heavy atom. The highest BCUT2D eigenvalue weighted by Crippen LogP contribution is 2.22. The lowest BCUT2D eigenvalue weighted by Gasteiger charge is -2.16. The van der Waals surface area contributed by atoms with Crippen LogP contribution >= 0.6 is 0 Å². The molecule has 4 heteroatoms. The fraction of sp³-hybridized carbons (Fsp3) is 0.529. The molecule has 0 atom stereocenters. The zero-order valence-electron chi connectivity index (χ0n) is 12.7. The lowest BCUT2D eigenvalue weighted by Crippen LogP contribution is -2.25. The molecule has 114 valence electrons. The van der Waals surface area contributed by atoms with Gasteiger partial charge in [-0.25, -0.2) is 0 Å². The summed E-state index contributed by atoms with van der Waals surface area (Å²) >= 11 is 0. The lowest BCUT2D eigenvalue weighted by atomic mass is 10.1. The number of hydrogen-bond donors (Lipinski definition) is 1. The minimum Gasteiger partial charge on any atom is -0.352 e. The zero-order valence-corrected chi connectivity index (χ0v) is 12.7. The smallest absolute Gasteiger partial charge is 0.227 e. The summed E-state index contributed by atoms with van der Waals surface area (Å²) in [5, 5.41) is 2.94. The normalized spacial score (nSPS) is 14.5. The summed E-state index contributed by atoms with van der Waals surface area (Å²) in [7, 11) is 0. The van der Waals surface area contributed by atoms with Gasteiger partial charge in [-0.2, -0.15) is 0 Å². The van der Waals surface area contributed by atoms with E-state index in [0.717, 1.165) is 43.5 Å². The molecule has 0 unspecified atom stereocenters. The van der Waals surface area contributed by atoms with Crippen molar-refractivity contribution in [3.63, 3.8) is 0 Å². The van der Waals surface area contributed by atoms with Gasteiger partial charge >= 0.3 is 0 Å². The van der Waals surface area contributed by atoms with E-state index < -0.39 is 0 Å². The van der Waals surface area contributed by atoms with Crippen LogP contribution in [0.1, 0.15) is 51.0 Å². The molecule has 2 amide bonds. The third-order valence-corrected chi connectivity index (χ3v) is 3.79. The maximum absolute atomic E-state index is 11.8. The highest BCUT2D eigenvalue weighted by atomic mass is 16.2. The quantitative estimate of drug-likeness (QED) is 0.784. The van der Waals surface area contributed by atoms with Gasteiger partial charge in [0.1, 0.15) is 0 Å². The molecule has 2 rings (SSSR count). The number of carbonyl (C=O) groups excluding carboxylic acids is 2. The largest absolute Gasteiger partial charge is 0.352 e. The van der Waals surface area contributed by atoms with E-state index in [-0.39, 0.29) is 11.8 Å². The summed E-state index contributed by atoms with van der Waals surface area (Å²) in [5.74, 6) is 0.293. The highest BCUT2D eigenvalue weighted by Gasteiger charge is 2.21. The van der Waals surface area contributed by atoms with Gasteiger partial charge in [0.15, 0.2) is 0 Å². The molecular formula is C17H24N2O2. The Morgan fingerprint density at radius 1 is 1.33 bits per heavy atom. The van der Waals surface area contributed by atoms with Gasteiger partial charge in [-0.15, -0.1) is 0 Å². The number of benzene rings is 1. The van der Waals surface area contributed by atoms with Gasteiger partial charge in [-0.05, 0) is 30.5 Å². The van der Waals surface area contributed by atoms with Gasteiger partial charge in [0.25, 0.3) is 0 Å². The molecule has 0 saturated carbocycles. The second-order valence-corrected chi connectivity index (χ2v) is 5.55. The average molecular weight is 288 g/mol. The van der Waals surface area contributed by atoms with Crippen LogP contribution < -0.4 is 10.2 Å². The van der Waals surface area contributed by atoms with Crippen LogP contribution in [-0.2, 0) is 16.1 Å². The van der Waals surface area contributed by atoms with Crippen molar-refractivity contribution in [3.8, 4) is 0 Å². The van der Waals surface area contributed by atoms with Crippen LogP contribution in [0.5, 0.6) is 0 Å². The molecule has 0 radical (unpaired) electrons. The summed E-state index contributed by atoms with van der Waals surface area (Å²) in [5.41, 5.74) is 1.98. The van der Waals surface area contributed by atoms with Crippen molar-refractivity contribution in [2.75, 3.05) is 11.4 Å². The van der Waals surface area contributed by atoms with Gasteiger partial charge < -0.3 is 10.2 Å². The summed E-state index contributed by atoms with van der Waals surface area (Å²) in [6.45, 7) is 3.45. The third kappa shape index (κ3) is 4.59. The molecule has 1 heterocycles. The van der Waals surface area contributed by atoms with Crippen LogP contribution in [-0.4, -0.2) is 18.4 Å². The highest BCUT2D eigenvalue weighted by molar-refractivity contribution is 5.95. The fourth-order valence-electron chi connectivity index (χ4n) is 2.58. The Bertz CT molecular complexity index is 499. The Morgan fingerprint density at radius 3 is 2.90 bits per heavy atom. The van der Waals surface area contributed by atoms with Crippen molar-refractivity contribution >= 4 is 17.5 Å². The average Bonchev–Trinajstić information content (AvgIpc) is 2.92. The summed E-state index contributed by atoms with van der Waals surface area (Å²) in [6.07, 6.45) is 5.33.